The quantitative estimate of drug-likeness (QED) is 0.0872. The lowest BCUT2D eigenvalue weighted by molar-refractivity contribution is -0.156. The Morgan fingerprint density at radius 1 is 0.727 bits per heavy atom. The van der Waals surface area contributed by atoms with Crippen molar-refractivity contribution in [2.24, 2.45) is 0 Å². The maximum Gasteiger partial charge on any atom is 0.310 e. The first-order valence-electron chi connectivity index (χ1n) is 20.0. The molecule has 2 amide bonds. The highest BCUT2D eigenvalue weighted by Gasteiger charge is 2.20. The summed E-state index contributed by atoms with van der Waals surface area (Å²) in [6.07, 6.45) is 6.46. The molecule has 0 unspecified atom stereocenters. The minimum absolute atomic E-state index is 0.102. The van der Waals surface area contributed by atoms with E-state index < -0.39 is 11.9 Å². The van der Waals surface area contributed by atoms with E-state index in [9.17, 15) is 19.2 Å². The number of halogens is 1. The van der Waals surface area contributed by atoms with Gasteiger partial charge in [-0.15, -0.1) is 0 Å². The summed E-state index contributed by atoms with van der Waals surface area (Å²) >= 11 is 6.12. The predicted molar refractivity (Wildman–Crippen MR) is 251 cm³/mol. The largest absolute Gasteiger partial charge is 0.481 e. The second kappa shape index (κ2) is 23.7. The highest BCUT2D eigenvalue weighted by atomic mass is 35.5. The first-order chi connectivity index (χ1) is 31.3. The first kappa shape index (κ1) is 50.7. The average molecular weight is 922 g/mol. The van der Waals surface area contributed by atoms with Crippen molar-refractivity contribution < 1.29 is 38.1 Å². The van der Waals surface area contributed by atoms with Crippen molar-refractivity contribution in [3.63, 3.8) is 0 Å². The zero-order valence-corrected chi connectivity index (χ0v) is 39.0. The molecular weight excluding hydrogens is 870 g/mol. The number of pyridine rings is 5. The number of nitrogens with two attached hydrogens (primary N) is 2. The maximum atomic E-state index is 13.3. The summed E-state index contributed by atoms with van der Waals surface area (Å²) in [5.74, 6) is 0.471. The summed E-state index contributed by atoms with van der Waals surface area (Å²) in [5.41, 5.74) is 20.2. The molecule has 0 atom stereocenters. The molecule has 0 aliphatic carbocycles. The number of ether oxygens (including phenoxy) is 4. The van der Waals surface area contributed by atoms with Crippen LogP contribution in [0.25, 0.3) is 21.8 Å². The summed E-state index contributed by atoms with van der Waals surface area (Å²) < 4.78 is 20.8. The molecule has 19 nitrogen and oxygen atoms in total. The molecule has 20 heteroatoms. The number of methoxy groups -OCH3 is 3. The van der Waals surface area contributed by atoms with Gasteiger partial charge in [0.25, 0.3) is 5.91 Å². The smallest absolute Gasteiger partial charge is 0.310 e. The summed E-state index contributed by atoms with van der Waals surface area (Å²) in [4.78, 5) is 64.5. The van der Waals surface area contributed by atoms with Crippen molar-refractivity contribution in [2.75, 3.05) is 38.1 Å². The number of hydrogen-bond acceptors (Lipinski definition) is 16. The SMILES string of the molecule is CC(=O)OC(C)=O.COc1cc(C)c(N)cn1.COc1cc(C)c(NC(C)=O)cn1.COc1cc2c(C(=O)NCc3c(C)cc(N)nc3C)nn(Cc3ccc4ncc(Cl)cc4c3)c2cn1. The van der Waals surface area contributed by atoms with Gasteiger partial charge < -0.3 is 41.0 Å². The van der Waals surface area contributed by atoms with Gasteiger partial charge in [0.05, 0.1) is 73.9 Å². The van der Waals surface area contributed by atoms with Gasteiger partial charge in [-0.25, -0.2) is 19.9 Å². The summed E-state index contributed by atoms with van der Waals surface area (Å²) in [7, 11) is 4.67. The van der Waals surface area contributed by atoms with Crippen molar-refractivity contribution in [1.29, 1.82) is 0 Å². The second-order valence-corrected chi connectivity index (χ2v) is 14.9. The van der Waals surface area contributed by atoms with Crippen molar-refractivity contribution in [3.05, 3.63) is 118 Å². The van der Waals surface area contributed by atoms with Gasteiger partial charge in [0.15, 0.2) is 5.69 Å². The number of anilines is 3. The van der Waals surface area contributed by atoms with E-state index in [0.29, 0.717) is 63.8 Å². The van der Waals surface area contributed by atoms with Crippen LogP contribution in [0.15, 0.2) is 73.3 Å². The van der Waals surface area contributed by atoms with Crippen LogP contribution in [0.4, 0.5) is 17.2 Å². The van der Waals surface area contributed by atoms with Gasteiger partial charge in [-0.3, -0.25) is 28.8 Å². The van der Waals surface area contributed by atoms with Gasteiger partial charge >= 0.3 is 11.9 Å². The Bertz CT molecular complexity index is 2840. The van der Waals surface area contributed by atoms with Gasteiger partial charge in [0, 0.05) is 68.2 Å². The Balaban J connectivity index is 0.000000257. The highest BCUT2D eigenvalue weighted by molar-refractivity contribution is 6.31. The number of amides is 2. The molecule has 0 bridgehead atoms. The van der Waals surface area contributed by atoms with Crippen molar-refractivity contribution in [3.8, 4) is 17.6 Å². The Hall–Kier alpha value is -7.93. The summed E-state index contributed by atoms with van der Waals surface area (Å²) in [5, 5.41) is 12.4. The van der Waals surface area contributed by atoms with E-state index in [-0.39, 0.29) is 17.5 Å². The van der Waals surface area contributed by atoms with Gasteiger partial charge in [-0.05, 0) is 79.8 Å². The van der Waals surface area contributed by atoms with Gasteiger partial charge in [0.2, 0.25) is 23.5 Å². The number of rotatable bonds is 9. The molecule has 0 aliphatic heterocycles. The number of aryl methyl sites for hydroxylation is 4. The fraction of sp³-hybridized carbons (Fsp3) is 0.261. The molecule has 0 saturated carbocycles. The van der Waals surface area contributed by atoms with Crippen LogP contribution in [0.3, 0.4) is 0 Å². The molecule has 6 aromatic heterocycles. The molecule has 0 aliphatic rings. The zero-order chi connectivity index (χ0) is 48.7. The number of fused-ring (bicyclic) bond motifs is 2. The number of aromatic nitrogens is 7. The molecule has 0 spiro atoms. The van der Waals surface area contributed by atoms with Crippen molar-refractivity contribution >= 4 is 74.4 Å². The number of benzene rings is 1. The van der Waals surface area contributed by atoms with E-state index in [1.54, 1.807) is 68.0 Å². The lowest BCUT2D eigenvalue weighted by atomic mass is 10.1. The van der Waals surface area contributed by atoms with E-state index in [0.717, 1.165) is 44.4 Å². The number of esters is 2. The number of nitrogen functional groups attached to an aromatic ring is 2. The zero-order valence-electron chi connectivity index (χ0n) is 38.3. The van der Waals surface area contributed by atoms with Gasteiger partial charge in [-0.1, -0.05) is 17.7 Å². The van der Waals surface area contributed by atoms with Crippen LogP contribution in [-0.2, 0) is 32.2 Å². The number of nitrogens with zero attached hydrogens (tertiary/aromatic N) is 7. The molecule has 66 heavy (non-hydrogen) atoms. The van der Waals surface area contributed by atoms with Gasteiger partial charge in [-0.2, -0.15) is 5.10 Å². The third-order valence-corrected chi connectivity index (χ3v) is 9.52. The average Bonchev–Trinajstić information content (AvgIpc) is 3.62. The Morgan fingerprint density at radius 2 is 1.35 bits per heavy atom. The molecule has 6 N–H and O–H groups in total. The molecule has 7 rings (SSSR count). The van der Waals surface area contributed by atoms with Crippen molar-refractivity contribution in [1.82, 2.24) is 40.0 Å². The maximum absolute atomic E-state index is 13.3. The molecule has 6 heterocycles. The summed E-state index contributed by atoms with van der Waals surface area (Å²) in [6.45, 7) is 12.2. The Kier molecular flexibility index (Phi) is 18.2. The minimum atomic E-state index is -0.562. The van der Waals surface area contributed by atoms with E-state index in [4.69, 9.17) is 37.3 Å². The highest BCUT2D eigenvalue weighted by Crippen LogP contribution is 2.25. The molecule has 0 radical (unpaired) electrons. The van der Waals surface area contributed by atoms with E-state index in [1.165, 1.54) is 27.9 Å². The van der Waals surface area contributed by atoms with Crippen LogP contribution in [0.2, 0.25) is 5.02 Å². The van der Waals surface area contributed by atoms with Crippen LogP contribution in [0.1, 0.15) is 64.8 Å². The van der Waals surface area contributed by atoms with E-state index in [2.05, 4.69) is 45.4 Å². The second-order valence-electron chi connectivity index (χ2n) is 14.4. The third kappa shape index (κ3) is 14.6. The minimum Gasteiger partial charge on any atom is -0.481 e. The van der Waals surface area contributed by atoms with Crippen LogP contribution in [-0.4, -0.2) is 79.8 Å². The topological polar surface area (TPSA) is 264 Å². The van der Waals surface area contributed by atoms with Gasteiger partial charge in [0.1, 0.15) is 5.82 Å². The number of carbonyl (C=O) groups is 4. The lowest BCUT2D eigenvalue weighted by Crippen LogP contribution is -2.25. The molecular formula is C46H52ClN11O8. The van der Waals surface area contributed by atoms with E-state index in [1.807, 2.05) is 52.0 Å². The Morgan fingerprint density at radius 3 is 1.92 bits per heavy atom. The fourth-order valence-corrected chi connectivity index (χ4v) is 6.27. The monoisotopic (exact) mass is 921 g/mol. The predicted octanol–water partition coefficient (Wildman–Crippen LogP) is 6.65. The first-order valence-corrected chi connectivity index (χ1v) is 20.4. The molecule has 346 valence electrons. The van der Waals surface area contributed by atoms with Crippen LogP contribution >= 0.6 is 11.6 Å². The Labute approximate surface area is 386 Å². The molecule has 0 saturated heterocycles. The number of nitrogens with one attached hydrogen (secondary N) is 2. The standard InChI is InChI=1S/C26H24ClN7O2.C9H12N2O2.C7H10N2O.C4H6O3/c1-14-6-23(28)32-15(2)20(14)11-31-26(35)25-19-9-24(36-3)30-12-22(19)34(33-25)13-16-4-5-21-17(7-16)8-18(27)10-29-21;1-6-4-9(13-3)10-5-8(6)11-7(2)12;1-5-3-7(10-2)9-4-6(5)8;1-3(5)7-4(2)6/h4-10,12H,11,13H2,1-3H3,(H2,28,32)(H,31,35);4-5H,1-3H3,(H,11,12);3-4H,8H2,1-2H3;1-2H3. The lowest BCUT2D eigenvalue weighted by Gasteiger charge is -2.11. The molecule has 0 fully saturated rings. The normalized spacial score (nSPS) is 10.2. The molecule has 7 aromatic rings. The van der Waals surface area contributed by atoms with Crippen LogP contribution in [0.5, 0.6) is 17.6 Å². The summed E-state index contributed by atoms with van der Waals surface area (Å²) in [6, 6.07) is 14.9. The fourth-order valence-electron chi connectivity index (χ4n) is 6.10. The van der Waals surface area contributed by atoms with Crippen molar-refractivity contribution in [2.45, 2.75) is 61.6 Å². The third-order valence-electron chi connectivity index (χ3n) is 9.31. The van der Waals surface area contributed by atoms with Crippen LogP contribution < -0.4 is 36.3 Å². The van der Waals surface area contributed by atoms with E-state index >= 15 is 0 Å². The number of carbonyl (C=O) groups excluding carboxylic acids is 4. The van der Waals surface area contributed by atoms with Crippen LogP contribution in [0, 0.1) is 27.7 Å². The number of hydrogen-bond donors (Lipinski definition) is 4. The molecule has 1 aromatic carbocycles.